The van der Waals surface area contributed by atoms with Gasteiger partial charge in [0.05, 0.1) is 17.8 Å². The molecule has 28 heavy (non-hydrogen) atoms. The second-order valence-corrected chi connectivity index (χ2v) is 8.70. The van der Waals surface area contributed by atoms with Crippen LogP contribution < -0.4 is 5.73 Å². The Morgan fingerprint density at radius 1 is 1.18 bits per heavy atom. The Bertz CT molecular complexity index is 771. The summed E-state index contributed by atoms with van der Waals surface area (Å²) in [4.78, 5) is 31.4. The fourth-order valence-corrected chi connectivity index (χ4v) is 4.94. The quantitative estimate of drug-likeness (QED) is 0.857. The summed E-state index contributed by atoms with van der Waals surface area (Å²) in [6, 6.07) is 0.900. The number of primary amides is 1. The number of carbonyl (C=O) groups is 2. The van der Waals surface area contributed by atoms with Crippen molar-refractivity contribution in [3.8, 4) is 0 Å². The Morgan fingerprint density at radius 3 is 2.50 bits per heavy atom. The number of hydrogen-bond acceptors (Lipinski definition) is 3. The highest BCUT2D eigenvalue weighted by Crippen LogP contribution is 2.46. The van der Waals surface area contributed by atoms with E-state index in [1.165, 1.54) is 0 Å². The van der Waals surface area contributed by atoms with Gasteiger partial charge in [0.2, 0.25) is 5.91 Å². The number of nitrogens with zero attached hydrogens (tertiary/aromatic N) is 3. The number of urea groups is 1. The molecule has 2 saturated heterocycles. The molecule has 0 radical (unpaired) electrons. The fourth-order valence-electron chi connectivity index (χ4n) is 4.94. The van der Waals surface area contributed by atoms with Gasteiger partial charge in [-0.3, -0.25) is 9.78 Å². The third-order valence-electron chi connectivity index (χ3n) is 6.72. The van der Waals surface area contributed by atoms with Crippen LogP contribution in [0.2, 0.25) is 0 Å². The molecule has 1 aromatic rings. The number of carbonyl (C=O) groups excluding carboxylic acids is 2. The van der Waals surface area contributed by atoms with E-state index in [1.807, 2.05) is 4.90 Å². The lowest BCUT2D eigenvalue weighted by molar-refractivity contribution is -0.121. The minimum atomic E-state index is -0.650. The van der Waals surface area contributed by atoms with Gasteiger partial charge in [-0.05, 0) is 44.4 Å². The van der Waals surface area contributed by atoms with Gasteiger partial charge >= 0.3 is 6.03 Å². The first-order chi connectivity index (χ1) is 13.3. The van der Waals surface area contributed by atoms with Crippen LogP contribution in [0.3, 0.4) is 0 Å². The maximum Gasteiger partial charge on any atom is 0.320 e. The van der Waals surface area contributed by atoms with Gasteiger partial charge in [0.25, 0.3) is 0 Å². The van der Waals surface area contributed by atoms with E-state index in [0.717, 1.165) is 51.0 Å². The van der Waals surface area contributed by atoms with E-state index in [1.54, 1.807) is 4.90 Å². The molecule has 3 fully saturated rings. The van der Waals surface area contributed by atoms with Crippen LogP contribution in [0.4, 0.5) is 13.6 Å². The van der Waals surface area contributed by atoms with Crippen LogP contribution >= 0.6 is 0 Å². The van der Waals surface area contributed by atoms with Crippen molar-refractivity contribution in [2.45, 2.75) is 38.5 Å². The number of likely N-dealkylation sites (tertiary alicyclic amines) is 2. The molecule has 1 spiro atoms. The lowest BCUT2D eigenvalue weighted by Crippen LogP contribution is -2.62. The molecule has 152 valence electrons. The smallest absolute Gasteiger partial charge is 0.320 e. The zero-order chi connectivity index (χ0) is 19.9. The normalized spacial score (nSPS) is 24.4. The van der Waals surface area contributed by atoms with Gasteiger partial charge in [0.1, 0.15) is 11.6 Å². The number of halogens is 2. The average molecular weight is 392 g/mol. The first-order valence-corrected chi connectivity index (χ1v) is 9.98. The monoisotopic (exact) mass is 392 g/mol. The van der Waals surface area contributed by atoms with Crippen LogP contribution in [-0.4, -0.2) is 52.9 Å². The lowest BCUT2D eigenvalue weighted by Gasteiger charge is -2.54. The SMILES string of the molecule is NC(=O)[C@H]1CCN(C(=O)N2CC3(CCC(Cc4ncc(F)cc4F)CC3)C2)C1. The van der Waals surface area contributed by atoms with Gasteiger partial charge in [0, 0.05) is 37.7 Å². The number of amides is 3. The first-order valence-electron chi connectivity index (χ1n) is 9.98. The molecule has 1 aromatic heterocycles. The average Bonchev–Trinajstić information content (AvgIpc) is 3.13. The molecule has 1 atom stereocenters. The maximum absolute atomic E-state index is 13.8. The summed E-state index contributed by atoms with van der Waals surface area (Å²) >= 11 is 0. The van der Waals surface area contributed by atoms with Gasteiger partial charge in [-0.2, -0.15) is 0 Å². The molecular formula is C20H26F2N4O2. The van der Waals surface area contributed by atoms with Crippen LogP contribution in [0, 0.1) is 28.9 Å². The van der Waals surface area contributed by atoms with Crippen LogP contribution in [0.5, 0.6) is 0 Å². The number of hydrogen-bond donors (Lipinski definition) is 1. The standard InChI is InChI=1S/C20H26F2N4O2/c21-15-8-16(22)17(24-9-15)7-13-1-4-20(5-2-13)11-26(12-20)19(28)25-6-3-14(10-25)18(23)27/h8-9,13-14H,1-7,10-12H2,(H2,23,27)/t14-/m0/s1. The van der Waals surface area contributed by atoms with Gasteiger partial charge in [-0.25, -0.2) is 13.6 Å². The van der Waals surface area contributed by atoms with Gasteiger partial charge in [-0.15, -0.1) is 0 Å². The summed E-state index contributed by atoms with van der Waals surface area (Å²) in [5, 5.41) is 0. The second kappa shape index (κ2) is 7.29. The van der Waals surface area contributed by atoms with Crippen molar-refractivity contribution in [3.05, 3.63) is 29.6 Å². The molecule has 6 nitrogen and oxygen atoms in total. The molecule has 3 amide bonds. The van der Waals surface area contributed by atoms with E-state index in [-0.39, 0.29) is 23.3 Å². The minimum Gasteiger partial charge on any atom is -0.369 e. The van der Waals surface area contributed by atoms with Crippen LogP contribution in [0.1, 0.15) is 37.8 Å². The van der Waals surface area contributed by atoms with Crippen molar-refractivity contribution in [3.63, 3.8) is 0 Å². The molecule has 8 heteroatoms. The van der Waals surface area contributed by atoms with Crippen molar-refractivity contribution in [2.24, 2.45) is 23.0 Å². The maximum atomic E-state index is 13.8. The van der Waals surface area contributed by atoms with Crippen LogP contribution in [0.25, 0.3) is 0 Å². The molecule has 3 aliphatic rings. The Balaban J connectivity index is 1.25. The molecule has 4 rings (SSSR count). The van der Waals surface area contributed by atoms with Crippen molar-refractivity contribution in [1.29, 1.82) is 0 Å². The van der Waals surface area contributed by atoms with Crippen molar-refractivity contribution in [2.75, 3.05) is 26.2 Å². The highest BCUT2D eigenvalue weighted by molar-refractivity contribution is 5.80. The summed E-state index contributed by atoms with van der Waals surface area (Å²) in [5.41, 5.74) is 5.85. The van der Waals surface area contributed by atoms with Gasteiger partial charge in [0.15, 0.2) is 0 Å². The van der Waals surface area contributed by atoms with E-state index < -0.39 is 11.6 Å². The predicted octanol–water partition coefficient (Wildman–Crippen LogP) is 2.32. The van der Waals surface area contributed by atoms with Crippen molar-refractivity contribution < 1.29 is 18.4 Å². The predicted molar refractivity (Wildman–Crippen MR) is 98.1 cm³/mol. The van der Waals surface area contributed by atoms with E-state index in [2.05, 4.69) is 4.98 Å². The van der Waals surface area contributed by atoms with Crippen LogP contribution in [-0.2, 0) is 11.2 Å². The van der Waals surface area contributed by atoms with E-state index >= 15 is 0 Å². The third-order valence-corrected chi connectivity index (χ3v) is 6.72. The molecule has 1 aliphatic carbocycles. The molecular weight excluding hydrogens is 366 g/mol. The van der Waals surface area contributed by atoms with E-state index in [0.29, 0.717) is 37.5 Å². The number of aromatic nitrogens is 1. The molecule has 2 aliphatic heterocycles. The molecule has 1 saturated carbocycles. The highest BCUT2D eigenvalue weighted by atomic mass is 19.1. The topological polar surface area (TPSA) is 79.5 Å². The molecule has 0 unspecified atom stereocenters. The second-order valence-electron chi connectivity index (χ2n) is 8.70. The molecule has 0 aromatic carbocycles. The summed E-state index contributed by atoms with van der Waals surface area (Å²) in [6.45, 7) is 2.52. The Morgan fingerprint density at radius 2 is 1.89 bits per heavy atom. The fraction of sp³-hybridized carbons (Fsp3) is 0.650. The summed E-state index contributed by atoms with van der Waals surface area (Å²) in [7, 11) is 0. The van der Waals surface area contributed by atoms with Crippen LogP contribution in [0.15, 0.2) is 12.3 Å². The van der Waals surface area contributed by atoms with Crippen molar-refractivity contribution >= 4 is 11.9 Å². The zero-order valence-corrected chi connectivity index (χ0v) is 15.9. The molecule has 3 heterocycles. The Kier molecular flexibility index (Phi) is 4.97. The first kappa shape index (κ1) is 19.1. The molecule has 2 N–H and O–H groups in total. The number of pyridine rings is 1. The van der Waals surface area contributed by atoms with Gasteiger partial charge < -0.3 is 15.5 Å². The summed E-state index contributed by atoms with van der Waals surface area (Å²) in [5.74, 6) is -1.43. The summed E-state index contributed by atoms with van der Waals surface area (Å²) in [6.07, 6.45) is 6.20. The largest absolute Gasteiger partial charge is 0.369 e. The molecule has 0 bridgehead atoms. The minimum absolute atomic E-state index is 0.00841. The summed E-state index contributed by atoms with van der Waals surface area (Å²) < 4.78 is 26.8. The zero-order valence-electron chi connectivity index (χ0n) is 15.9. The Hall–Kier alpha value is -2.25. The Labute approximate surface area is 163 Å². The number of nitrogens with two attached hydrogens (primary N) is 1. The number of rotatable bonds is 3. The highest BCUT2D eigenvalue weighted by Gasteiger charge is 2.48. The van der Waals surface area contributed by atoms with Crippen molar-refractivity contribution in [1.82, 2.24) is 14.8 Å². The van der Waals surface area contributed by atoms with E-state index in [9.17, 15) is 18.4 Å². The van der Waals surface area contributed by atoms with Gasteiger partial charge in [-0.1, -0.05) is 0 Å². The third kappa shape index (κ3) is 3.69. The van der Waals surface area contributed by atoms with E-state index in [4.69, 9.17) is 5.73 Å². The lowest BCUT2D eigenvalue weighted by atomic mass is 9.65.